The largest absolute Gasteiger partial charge is 0.307 e. The van der Waals surface area contributed by atoms with E-state index in [-0.39, 0.29) is 0 Å². The molecule has 0 saturated heterocycles. The van der Waals surface area contributed by atoms with Gasteiger partial charge in [0, 0.05) is 0 Å². The summed E-state index contributed by atoms with van der Waals surface area (Å²) in [5, 5.41) is 0. The first-order valence-corrected chi connectivity index (χ1v) is 7.23. The van der Waals surface area contributed by atoms with Crippen molar-refractivity contribution in [3.05, 3.63) is 0 Å². The van der Waals surface area contributed by atoms with Crippen LogP contribution in [0.3, 0.4) is 0 Å². The normalized spacial score (nSPS) is 12.2. The Hall–Kier alpha value is -0.810. The molecule has 0 amide bonds. The molecule has 0 spiro atoms. The lowest BCUT2D eigenvalue weighted by Crippen LogP contribution is -2.35. The van der Waals surface area contributed by atoms with E-state index in [1.165, 1.54) is 0 Å². The highest BCUT2D eigenvalue weighted by Gasteiger charge is 2.33. The number of hydrogen-bond donors (Lipinski definition) is 0. The van der Waals surface area contributed by atoms with Crippen LogP contribution in [0.25, 0.3) is 0 Å². The average Bonchev–Trinajstić information content (AvgIpc) is 2.42. The highest BCUT2D eigenvalue weighted by Crippen LogP contribution is 2.26. The van der Waals surface area contributed by atoms with Crippen molar-refractivity contribution in [1.29, 1.82) is 0 Å². The molecule has 3 nitrogen and oxygen atoms in total. The van der Waals surface area contributed by atoms with E-state index in [2.05, 4.69) is 11.8 Å². The Bertz CT molecular complexity index is 320. The molecule has 0 aliphatic rings. The Labute approximate surface area is 114 Å². The van der Waals surface area contributed by atoms with E-state index in [1.54, 1.807) is 0 Å². The average molecular weight is 270 g/mol. The van der Waals surface area contributed by atoms with Crippen molar-refractivity contribution in [3.63, 3.8) is 0 Å². The van der Waals surface area contributed by atoms with Crippen LogP contribution in [0.5, 0.6) is 0 Å². The summed E-state index contributed by atoms with van der Waals surface area (Å²) >= 11 is -1.94. The van der Waals surface area contributed by atoms with Crippen molar-refractivity contribution >= 4 is 11.4 Å². The summed E-state index contributed by atoms with van der Waals surface area (Å²) in [6.45, 7) is 7.53. The van der Waals surface area contributed by atoms with E-state index in [4.69, 9.17) is 21.2 Å². The van der Waals surface area contributed by atoms with Crippen LogP contribution in [0.1, 0.15) is 53.4 Å². The maximum absolute atomic E-state index is 11.9. The second kappa shape index (κ2) is 7.59. The van der Waals surface area contributed by atoms with Crippen LogP contribution in [-0.4, -0.2) is 15.4 Å². The zero-order valence-corrected chi connectivity index (χ0v) is 12.4. The van der Waals surface area contributed by atoms with E-state index in [0.29, 0.717) is 25.7 Å². The van der Waals surface area contributed by atoms with Gasteiger partial charge in [0.25, 0.3) is 0 Å². The van der Waals surface area contributed by atoms with Gasteiger partial charge in [0.1, 0.15) is 11.2 Å². The lowest BCUT2D eigenvalue weighted by atomic mass is 9.99. The molecule has 0 N–H and O–H groups in total. The predicted molar refractivity (Wildman–Crippen MR) is 74.6 cm³/mol. The molecular formula is C14H22O3S. The zero-order valence-electron chi connectivity index (χ0n) is 11.6. The minimum Gasteiger partial charge on any atom is -0.249 e. The molecule has 0 aromatic rings. The Kier molecular flexibility index (Phi) is 7.25. The third-order valence-corrected chi connectivity index (χ3v) is 4.18. The van der Waals surface area contributed by atoms with Crippen molar-refractivity contribution in [2.75, 3.05) is 0 Å². The lowest BCUT2D eigenvalue weighted by molar-refractivity contribution is 0.0712. The van der Waals surface area contributed by atoms with Gasteiger partial charge in [-0.2, -0.15) is 4.21 Å². The van der Waals surface area contributed by atoms with Gasteiger partial charge in [-0.25, -0.2) is 8.37 Å². The maximum Gasteiger partial charge on any atom is 0.307 e. The predicted octanol–water partition coefficient (Wildman–Crippen LogP) is 2.98. The van der Waals surface area contributed by atoms with Crippen molar-refractivity contribution in [1.82, 2.24) is 0 Å². The Morgan fingerprint density at radius 3 is 1.33 bits per heavy atom. The first kappa shape index (κ1) is 17.2. The summed E-state index contributed by atoms with van der Waals surface area (Å²) in [6.07, 6.45) is 13.1. The maximum atomic E-state index is 11.9. The molecule has 0 aromatic carbocycles. The first-order chi connectivity index (χ1) is 8.46. The van der Waals surface area contributed by atoms with Crippen LogP contribution in [-0.2, 0) is 19.7 Å². The molecule has 0 aliphatic heterocycles. The molecular weight excluding hydrogens is 248 g/mol. The van der Waals surface area contributed by atoms with Gasteiger partial charge in [-0.3, -0.25) is 0 Å². The second-order valence-corrected chi connectivity index (χ2v) is 4.80. The summed E-state index contributed by atoms with van der Waals surface area (Å²) in [6, 6.07) is 0. The first-order valence-electron chi connectivity index (χ1n) is 6.23. The van der Waals surface area contributed by atoms with Gasteiger partial charge in [0.05, 0.1) is 0 Å². The minimum absolute atomic E-state index is 0.566. The van der Waals surface area contributed by atoms with Gasteiger partial charge in [-0.1, -0.05) is 39.5 Å². The highest BCUT2D eigenvalue weighted by molar-refractivity contribution is 7.75. The minimum atomic E-state index is -1.94. The molecule has 0 heterocycles. The Morgan fingerprint density at radius 2 is 1.17 bits per heavy atom. The van der Waals surface area contributed by atoms with Crippen molar-refractivity contribution in [2.24, 2.45) is 0 Å². The summed E-state index contributed by atoms with van der Waals surface area (Å²) in [4.78, 5) is 0. The Morgan fingerprint density at radius 1 is 0.889 bits per heavy atom. The SMILES string of the molecule is C#CC(CC)(CC)OS(=O)OC(C#C)(CC)CC. The van der Waals surface area contributed by atoms with E-state index in [9.17, 15) is 4.21 Å². The molecule has 0 unspecified atom stereocenters. The third kappa shape index (κ3) is 4.14. The molecule has 0 bridgehead atoms. The molecule has 0 aliphatic carbocycles. The van der Waals surface area contributed by atoms with Crippen molar-refractivity contribution in [3.8, 4) is 24.7 Å². The molecule has 0 rings (SSSR count). The fourth-order valence-corrected chi connectivity index (χ4v) is 2.59. The molecule has 4 heteroatoms. The van der Waals surface area contributed by atoms with Gasteiger partial charge < -0.3 is 0 Å². The molecule has 0 aromatic heterocycles. The number of terminal acetylenes is 2. The zero-order chi connectivity index (χ0) is 14.2. The molecule has 0 radical (unpaired) electrons. The van der Waals surface area contributed by atoms with Crippen LogP contribution in [0.15, 0.2) is 0 Å². The third-order valence-electron chi connectivity index (χ3n) is 3.27. The molecule has 0 saturated carbocycles. The smallest absolute Gasteiger partial charge is 0.249 e. The van der Waals surface area contributed by atoms with Crippen molar-refractivity contribution in [2.45, 2.75) is 64.6 Å². The molecule has 102 valence electrons. The van der Waals surface area contributed by atoms with Crippen molar-refractivity contribution < 1.29 is 12.6 Å². The Balaban J connectivity index is 4.81. The molecule has 0 atom stereocenters. The summed E-state index contributed by atoms with van der Waals surface area (Å²) in [5.41, 5.74) is -1.71. The van der Waals surface area contributed by atoms with E-state index in [0.717, 1.165) is 0 Å². The van der Waals surface area contributed by atoms with Crippen LogP contribution >= 0.6 is 0 Å². The van der Waals surface area contributed by atoms with Gasteiger partial charge in [-0.05, 0) is 25.7 Å². The summed E-state index contributed by atoms with van der Waals surface area (Å²) < 4.78 is 22.6. The van der Waals surface area contributed by atoms with Crippen LogP contribution in [0.2, 0.25) is 0 Å². The van der Waals surface area contributed by atoms with Gasteiger partial charge in [0.15, 0.2) is 0 Å². The summed E-state index contributed by atoms with van der Waals surface area (Å²) in [7, 11) is 0. The van der Waals surface area contributed by atoms with Gasteiger partial charge in [0.2, 0.25) is 0 Å². The standard InChI is InChI=1S/C14H22O3S/c1-7-13(8-2,9-3)16-18(15)17-14(10-4,11-5)12-6/h1,4H,8-9,11-12H2,2-3,5-6H3. The second-order valence-electron chi connectivity index (χ2n) is 4.06. The van der Waals surface area contributed by atoms with Gasteiger partial charge >= 0.3 is 11.4 Å². The van der Waals surface area contributed by atoms with E-state index in [1.807, 2.05) is 27.7 Å². The van der Waals surface area contributed by atoms with E-state index >= 15 is 0 Å². The number of rotatable bonds is 8. The van der Waals surface area contributed by atoms with Crippen LogP contribution < -0.4 is 0 Å². The lowest BCUT2D eigenvalue weighted by Gasteiger charge is -2.28. The van der Waals surface area contributed by atoms with Crippen LogP contribution in [0, 0.1) is 24.7 Å². The summed E-state index contributed by atoms with van der Waals surface area (Å²) in [5.74, 6) is 5.08. The molecule has 18 heavy (non-hydrogen) atoms. The topological polar surface area (TPSA) is 35.5 Å². The monoisotopic (exact) mass is 270 g/mol. The fraction of sp³-hybridized carbons (Fsp3) is 0.714. The highest BCUT2D eigenvalue weighted by atomic mass is 32.2. The van der Waals surface area contributed by atoms with Crippen LogP contribution in [0.4, 0.5) is 0 Å². The fourth-order valence-electron chi connectivity index (χ4n) is 1.47. The quantitative estimate of drug-likeness (QED) is 0.636. The van der Waals surface area contributed by atoms with E-state index < -0.39 is 22.6 Å². The molecule has 0 fully saturated rings. The number of hydrogen-bond acceptors (Lipinski definition) is 3. The van der Waals surface area contributed by atoms with Gasteiger partial charge in [-0.15, -0.1) is 12.8 Å².